The molecule has 0 aliphatic carbocycles. The smallest absolute Gasteiger partial charge is 0.0994 e. The predicted octanol–water partition coefficient (Wildman–Crippen LogP) is 2.46. The third-order valence-corrected chi connectivity index (χ3v) is 2.88. The van der Waals surface area contributed by atoms with Gasteiger partial charge in [0.2, 0.25) is 0 Å². The third-order valence-electron chi connectivity index (χ3n) is 2.88. The Morgan fingerprint density at radius 1 is 1.50 bits per heavy atom. The molecule has 1 aromatic carbocycles. The molecule has 2 rings (SSSR count). The highest BCUT2D eigenvalue weighted by Crippen LogP contribution is 2.17. The fourth-order valence-corrected chi connectivity index (χ4v) is 1.97. The second-order valence-corrected chi connectivity index (χ2v) is 4.20. The van der Waals surface area contributed by atoms with Gasteiger partial charge in [0.25, 0.3) is 0 Å². The predicted molar refractivity (Wildman–Crippen MR) is 63.4 cm³/mol. The first kappa shape index (κ1) is 11.0. The summed E-state index contributed by atoms with van der Waals surface area (Å²) in [6.07, 6.45) is 2.27. The number of nitrogens with zero attached hydrogens (tertiary/aromatic N) is 1. The fraction of sp³-hybridized carbons (Fsp3) is 0.462. The van der Waals surface area contributed by atoms with E-state index in [1.54, 1.807) is 0 Å². The number of nitriles is 1. The molecular formula is C13H16N2O. The average Bonchev–Trinajstić information content (AvgIpc) is 2.31. The largest absolute Gasteiger partial charge is 0.380 e. The van der Waals surface area contributed by atoms with Crippen LogP contribution in [0.4, 0.5) is 5.69 Å². The van der Waals surface area contributed by atoms with Gasteiger partial charge in [-0.1, -0.05) is 0 Å². The first-order valence-corrected chi connectivity index (χ1v) is 5.64. The minimum atomic E-state index is 0.404. The summed E-state index contributed by atoms with van der Waals surface area (Å²) in [5.74, 6) is 0. The highest BCUT2D eigenvalue weighted by Gasteiger charge is 2.13. The monoisotopic (exact) mass is 216 g/mol. The second-order valence-electron chi connectivity index (χ2n) is 4.20. The third kappa shape index (κ3) is 2.53. The molecule has 1 aliphatic heterocycles. The van der Waals surface area contributed by atoms with Gasteiger partial charge in [-0.25, -0.2) is 0 Å². The maximum atomic E-state index is 8.84. The fourth-order valence-electron chi connectivity index (χ4n) is 1.97. The number of ether oxygens (including phenoxy) is 1. The lowest BCUT2D eigenvalue weighted by atomic mass is 10.1. The molecule has 0 spiro atoms. The minimum absolute atomic E-state index is 0.404. The summed E-state index contributed by atoms with van der Waals surface area (Å²) < 4.78 is 5.41. The molecule has 1 unspecified atom stereocenters. The molecule has 1 heterocycles. The number of nitrogens with one attached hydrogen (secondary N) is 1. The molecule has 3 nitrogen and oxygen atoms in total. The highest BCUT2D eigenvalue weighted by molar-refractivity contribution is 5.52. The molecule has 1 aliphatic rings. The summed E-state index contributed by atoms with van der Waals surface area (Å²) in [4.78, 5) is 0. The Morgan fingerprint density at radius 2 is 2.38 bits per heavy atom. The van der Waals surface area contributed by atoms with Crippen LogP contribution < -0.4 is 5.32 Å². The zero-order valence-corrected chi connectivity index (χ0v) is 9.49. The number of hydrogen-bond donors (Lipinski definition) is 1. The Labute approximate surface area is 96.0 Å². The van der Waals surface area contributed by atoms with E-state index in [9.17, 15) is 0 Å². The Balaban J connectivity index is 2.04. The van der Waals surface area contributed by atoms with Gasteiger partial charge in [-0.05, 0) is 43.5 Å². The van der Waals surface area contributed by atoms with Gasteiger partial charge in [0.15, 0.2) is 0 Å². The van der Waals surface area contributed by atoms with E-state index in [0.29, 0.717) is 6.04 Å². The van der Waals surface area contributed by atoms with Crippen molar-refractivity contribution in [3.63, 3.8) is 0 Å². The van der Waals surface area contributed by atoms with Crippen molar-refractivity contribution in [2.75, 3.05) is 18.5 Å². The van der Waals surface area contributed by atoms with Crippen molar-refractivity contribution in [3.8, 4) is 6.07 Å². The maximum absolute atomic E-state index is 8.84. The number of rotatable bonds is 2. The van der Waals surface area contributed by atoms with E-state index in [0.717, 1.165) is 42.9 Å². The molecule has 0 saturated carbocycles. The number of benzene rings is 1. The molecule has 3 heteroatoms. The van der Waals surface area contributed by atoms with Gasteiger partial charge in [0.05, 0.1) is 18.2 Å². The summed E-state index contributed by atoms with van der Waals surface area (Å²) in [6.45, 7) is 3.62. The lowest BCUT2D eigenvalue weighted by Gasteiger charge is -2.24. The van der Waals surface area contributed by atoms with Crippen molar-refractivity contribution in [3.05, 3.63) is 29.3 Å². The van der Waals surface area contributed by atoms with Crippen LogP contribution in [0.5, 0.6) is 0 Å². The summed E-state index contributed by atoms with van der Waals surface area (Å²) in [6, 6.07) is 8.42. The topological polar surface area (TPSA) is 45.0 Å². The maximum Gasteiger partial charge on any atom is 0.0994 e. The van der Waals surface area contributed by atoms with Crippen LogP contribution in [0.25, 0.3) is 0 Å². The zero-order chi connectivity index (χ0) is 11.4. The number of anilines is 1. The Bertz CT molecular complexity index is 403. The van der Waals surface area contributed by atoms with Crippen LogP contribution in [0, 0.1) is 18.3 Å². The lowest BCUT2D eigenvalue weighted by Crippen LogP contribution is -2.29. The summed E-state index contributed by atoms with van der Waals surface area (Å²) in [5.41, 5.74) is 2.83. The summed E-state index contributed by atoms with van der Waals surface area (Å²) >= 11 is 0. The van der Waals surface area contributed by atoms with Gasteiger partial charge in [0, 0.05) is 18.3 Å². The van der Waals surface area contributed by atoms with Crippen molar-refractivity contribution in [1.29, 1.82) is 5.26 Å². The van der Waals surface area contributed by atoms with E-state index >= 15 is 0 Å². The van der Waals surface area contributed by atoms with Crippen molar-refractivity contribution in [2.24, 2.45) is 0 Å². The lowest BCUT2D eigenvalue weighted by molar-refractivity contribution is 0.0876. The van der Waals surface area contributed by atoms with Crippen LogP contribution in [0.3, 0.4) is 0 Å². The van der Waals surface area contributed by atoms with Crippen molar-refractivity contribution >= 4 is 5.69 Å². The minimum Gasteiger partial charge on any atom is -0.380 e. The molecule has 0 amide bonds. The van der Waals surface area contributed by atoms with E-state index in [2.05, 4.69) is 11.4 Å². The molecule has 1 saturated heterocycles. The van der Waals surface area contributed by atoms with Gasteiger partial charge in [-0.15, -0.1) is 0 Å². The van der Waals surface area contributed by atoms with Gasteiger partial charge >= 0.3 is 0 Å². The van der Waals surface area contributed by atoms with Crippen molar-refractivity contribution in [2.45, 2.75) is 25.8 Å². The molecule has 0 radical (unpaired) electrons. The Hall–Kier alpha value is -1.53. The van der Waals surface area contributed by atoms with E-state index in [4.69, 9.17) is 10.00 Å². The van der Waals surface area contributed by atoms with E-state index in [-0.39, 0.29) is 0 Å². The number of aryl methyl sites for hydroxylation is 1. The van der Waals surface area contributed by atoms with E-state index in [1.807, 2.05) is 25.1 Å². The van der Waals surface area contributed by atoms with Crippen LogP contribution >= 0.6 is 0 Å². The standard InChI is InChI=1S/C13H16N2O/c1-10-7-12(5-4-11(10)8-14)15-13-3-2-6-16-9-13/h4-5,7,13,15H,2-3,6,9H2,1H3. The first-order chi connectivity index (χ1) is 7.79. The van der Waals surface area contributed by atoms with Crippen LogP contribution in [0.1, 0.15) is 24.0 Å². The van der Waals surface area contributed by atoms with E-state index < -0.39 is 0 Å². The molecular weight excluding hydrogens is 200 g/mol. The van der Waals surface area contributed by atoms with Gasteiger partial charge in [-0.3, -0.25) is 0 Å². The molecule has 84 valence electrons. The molecule has 1 aromatic rings. The molecule has 0 aromatic heterocycles. The normalized spacial score (nSPS) is 20.1. The van der Waals surface area contributed by atoms with Crippen molar-refractivity contribution < 1.29 is 4.74 Å². The zero-order valence-electron chi connectivity index (χ0n) is 9.49. The molecule has 1 fully saturated rings. The quantitative estimate of drug-likeness (QED) is 0.826. The molecule has 1 N–H and O–H groups in total. The average molecular weight is 216 g/mol. The SMILES string of the molecule is Cc1cc(NC2CCCOC2)ccc1C#N. The molecule has 16 heavy (non-hydrogen) atoms. The van der Waals surface area contributed by atoms with Crippen LogP contribution in [0.2, 0.25) is 0 Å². The highest BCUT2D eigenvalue weighted by atomic mass is 16.5. The Kier molecular flexibility index (Phi) is 3.43. The second kappa shape index (κ2) is 5.00. The molecule has 1 atom stereocenters. The van der Waals surface area contributed by atoms with Crippen LogP contribution in [0.15, 0.2) is 18.2 Å². The van der Waals surface area contributed by atoms with Gasteiger partial charge in [0.1, 0.15) is 0 Å². The first-order valence-electron chi connectivity index (χ1n) is 5.64. The van der Waals surface area contributed by atoms with E-state index in [1.165, 1.54) is 0 Å². The van der Waals surface area contributed by atoms with Gasteiger partial charge in [-0.2, -0.15) is 5.26 Å². The summed E-state index contributed by atoms with van der Waals surface area (Å²) in [5, 5.41) is 12.3. The van der Waals surface area contributed by atoms with Crippen molar-refractivity contribution in [1.82, 2.24) is 0 Å². The number of hydrogen-bond acceptors (Lipinski definition) is 3. The van der Waals surface area contributed by atoms with Crippen LogP contribution in [-0.4, -0.2) is 19.3 Å². The summed E-state index contributed by atoms with van der Waals surface area (Å²) in [7, 11) is 0. The van der Waals surface area contributed by atoms with Crippen LogP contribution in [-0.2, 0) is 4.74 Å². The molecule has 0 bridgehead atoms. The van der Waals surface area contributed by atoms with Gasteiger partial charge < -0.3 is 10.1 Å². The Morgan fingerprint density at radius 3 is 3.00 bits per heavy atom.